The van der Waals surface area contributed by atoms with Crippen LogP contribution in [0.15, 0.2) is 18.0 Å². The number of nitrogens with zero attached hydrogens (tertiary/aromatic N) is 4. The summed E-state index contributed by atoms with van der Waals surface area (Å²) in [6, 6.07) is -0.178. The smallest absolute Gasteiger partial charge is 0.308 e. The van der Waals surface area contributed by atoms with Gasteiger partial charge in [-0.2, -0.15) is 0 Å². The van der Waals surface area contributed by atoms with E-state index in [1.807, 2.05) is 17.7 Å². The van der Waals surface area contributed by atoms with Gasteiger partial charge in [-0.1, -0.05) is 67.9 Å². The zero-order valence-electron chi connectivity index (χ0n) is 32.7. The van der Waals surface area contributed by atoms with Gasteiger partial charge in [0.05, 0.1) is 37.9 Å². The van der Waals surface area contributed by atoms with Crippen LogP contribution in [0, 0.1) is 62.6 Å². The standard InChI is InChI=1S/C40H63ClN4O5/c1-23(2)25(5)35(6)15-16-37(8)26-13-14-29-36(7)19-49-21-40(29,27(26)17-30(46)39(37,10)31(35)33(47)48)18-28(45-22-42-34(41)43-45)32(36)50-20-38(9,24(3)4)44(11)12/h17,22-26,28-29,31-32H,13-16,18-21H2,1-12H3,(H,47,48)/t25-,26+,28-,29+,31-,32+,35-,36+,37-,38-,39+,40?/m1/s1. The normalized spacial score (nSPS) is 43.2. The van der Waals surface area contributed by atoms with E-state index in [4.69, 9.17) is 21.1 Å². The van der Waals surface area contributed by atoms with Crippen LogP contribution in [0.5, 0.6) is 0 Å². The third-order valence-electron chi connectivity index (χ3n) is 16.6. The van der Waals surface area contributed by atoms with Crippen LogP contribution < -0.4 is 0 Å². The molecule has 0 aromatic carbocycles. The number of hydrogen-bond acceptors (Lipinski definition) is 7. The van der Waals surface area contributed by atoms with Gasteiger partial charge in [0, 0.05) is 21.8 Å². The highest BCUT2D eigenvalue weighted by atomic mass is 35.5. The molecule has 1 saturated heterocycles. The van der Waals surface area contributed by atoms with Crippen LogP contribution in [0.1, 0.15) is 107 Å². The van der Waals surface area contributed by atoms with Crippen molar-refractivity contribution < 1.29 is 24.2 Å². The number of carbonyl (C=O) groups is 2. The molecule has 10 heteroatoms. The van der Waals surface area contributed by atoms with Crippen molar-refractivity contribution in [3.05, 3.63) is 23.3 Å². The first kappa shape index (κ1) is 37.9. The molecule has 6 rings (SSSR count). The molecule has 2 bridgehead atoms. The van der Waals surface area contributed by atoms with E-state index in [-0.39, 0.29) is 51.9 Å². The highest BCUT2D eigenvalue weighted by Gasteiger charge is 2.74. The Bertz CT molecular complexity index is 1530. The second-order valence-corrected chi connectivity index (χ2v) is 19.5. The summed E-state index contributed by atoms with van der Waals surface area (Å²) in [5.41, 5.74) is -1.86. The maximum atomic E-state index is 15.0. The fraction of sp³-hybridized carbons (Fsp3) is 0.850. The molecular formula is C40H63ClN4O5. The third-order valence-corrected chi connectivity index (χ3v) is 16.8. The lowest BCUT2D eigenvalue weighted by atomic mass is 9.34. The second kappa shape index (κ2) is 12.4. The number of aliphatic carboxylic acids is 1. The quantitative estimate of drug-likeness (QED) is 0.279. The van der Waals surface area contributed by atoms with Gasteiger partial charge in [-0.05, 0) is 111 Å². The number of halogens is 1. The highest BCUT2D eigenvalue weighted by molar-refractivity contribution is 6.28. The Morgan fingerprint density at radius 1 is 1.14 bits per heavy atom. The molecule has 50 heavy (non-hydrogen) atoms. The Labute approximate surface area is 305 Å². The number of ether oxygens (including phenoxy) is 2. The number of ketones is 1. The Balaban J connectivity index is 1.47. The fourth-order valence-electron chi connectivity index (χ4n) is 12.4. The Morgan fingerprint density at radius 2 is 1.82 bits per heavy atom. The molecule has 1 unspecified atom stereocenters. The first-order valence-corrected chi connectivity index (χ1v) is 19.5. The average Bonchev–Trinajstić information content (AvgIpc) is 3.46. The molecule has 0 amide bonds. The molecule has 2 heterocycles. The molecule has 4 aliphatic carbocycles. The first-order chi connectivity index (χ1) is 23.1. The number of likely N-dealkylation sites (N-methyl/N-ethyl adjacent to an activating group) is 1. The predicted octanol–water partition coefficient (Wildman–Crippen LogP) is 7.60. The monoisotopic (exact) mass is 714 g/mol. The first-order valence-electron chi connectivity index (χ1n) is 19.1. The van der Waals surface area contributed by atoms with Crippen molar-refractivity contribution in [1.82, 2.24) is 19.7 Å². The SMILES string of the molecule is CC(C)[C@@H](C)[C@@]1(C)CC[C@]2(C)[C@H]3CC[C@@H]4C5(COC[C@]4(C)[C@@H](OC[C@](C)(C(C)C)N(C)C)[C@H](n4cnc(Cl)n4)C5)C3=CC(=O)[C@@]2(C)[C@@H]1C(=O)O. The topological polar surface area (TPSA) is 107 Å². The second-order valence-electron chi connectivity index (χ2n) is 19.1. The van der Waals surface area contributed by atoms with Crippen molar-refractivity contribution in [3.63, 3.8) is 0 Å². The molecule has 1 aliphatic heterocycles. The number of carboxylic acid groups (broad SMARTS) is 1. The van der Waals surface area contributed by atoms with Crippen molar-refractivity contribution in [2.45, 2.75) is 119 Å². The van der Waals surface area contributed by atoms with E-state index in [1.165, 1.54) is 5.57 Å². The highest BCUT2D eigenvalue weighted by Crippen LogP contribution is 2.74. The predicted molar refractivity (Wildman–Crippen MR) is 195 cm³/mol. The van der Waals surface area contributed by atoms with Gasteiger partial charge in [-0.15, -0.1) is 5.10 Å². The molecule has 3 saturated carbocycles. The van der Waals surface area contributed by atoms with Crippen LogP contribution in [0.4, 0.5) is 0 Å². The minimum atomic E-state index is -1.03. The van der Waals surface area contributed by atoms with E-state index >= 15 is 4.79 Å². The van der Waals surface area contributed by atoms with Gasteiger partial charge in [-0.25, -0.2) is 9.67 Å². The molecule has 4 fully saturated rings. The number of carboxylic acids is 1. The van der Waals surface area contributed by atoms with Crippen LogP contribution in [0.2, 0.25) is 5.28 Å². The number of hydrogen-bond donors (Lipinski definition) is 1. The van der Waals surface area contributed by atoms with Gasteiger partial charge in [0.2, 0.25) is 5.28 Å². The molecule has 9 nitrogen and oxygen atoms in total. The lowest BCUT2D eigenvalue weighted by Crippen LogP contribution is -2.70. The van der Waals surface area contributed by atoms with Crippen LogP contribution >= 0.6 is 11.6 Å². The fourth-order valence-corrected chi connectivity index (χ4v) is 12.5. The van der Waals surface area contributed by atoms with E-state index in [1.54, 1.807) is 6.33 Å². The van der Waals surface area contributed by atoms with E-state index in [2.05, 4.69) is 91.4 Å². The summed E-state index contributed by atoms with van der Waals surface area (Å²) in [5.74, 6) is -0.533. The molecule has 1 aromatic rings. The number of allylic oxidation sites excluding steroid dienone is 1. The van der Waals surface area contributed by atoms with Gasteiger partial charge >= 0.3 is 5.97 Å². The molecule has 1 N–H and O–H groups in total. The maximum Gasteiger partial charge on any atom is 0.308 e. The largest absolute Gasteiger partial charge is 0.481 e. The minimum absolute atomic E-state index is 0.0276. The number of aromatic nitrogens is 3. The van der Waals surface area contributed by atoms with Crippen molar-refractivity contribution in [1.29, 1.82) is 0 Å². The van der Waals surface area contributed by atoms with Crippen molar-refractivity contribution in [3.8, 4) is 0 Å². The zero-order chi connectivity index (χ0) is 37.0. The molecule has 1 aromatic heterocycles. The van der Waals surface area contributed by atoms with Gasteiger partial charge in [0.1, 0.15) is 6.33 Å². The molecule has 0 radical (unpaired) electrons. The lowest BCUT2D eigenvalue weighted by Gasteiger charge is -2.70. The van der Waals surface area contributed by atoms with E-state index in [0.29, 0.717) is 38.1 Å². The average molecular weight is 715 g/mol. The summed E-state index contributed by atoms with van der Waals surface area (Å²) in [6.07, 6.45) is 7.60. The zero-order valence-corrected chi connectivity index (χ0v) is 33.4. The third kappa shape index (κ3) is 5.01. The molecular weight excluding hydrogens is 652 g/mol. The van der Waals surface area contributed by atoms with Gasteiger partial charge in [0.15, 0.2) is 5.78 Å². The summed E-state index contributed by atoms with van der Waals surface area (Å²) in [6.45, 7) is 23.6. The van der Waals surface area contributed by atoms with Crippen LogP contribution in [0.3, 0.4) is 0 Å². The molecule has 280 valence electrons. The Kier molecular flexibility index (Phi) is 9.39. The number of fused-ring (bicyclic) bond motifs is 3. The Morgan fingerprint density at radius 3 is 2.38 bits per heavy atom. The maximum absolute atomic E-state index is 15.0. The van der Waals surface area contributed by atoms with Gasteiger partial charge < -0.3 is 19.5 Å². The molecule has 12 atom stereocenters. The number of carbonyl (C=O) groups excluding carboxylic acids is 1. The Hall–Kier alpha value is -1.81. The van der Waals surface area contributed by atoms with E-state index in [9.17, 15) is 9.90 Å². The summed E-state index contributed by atoms with van der Waals surface area (Å²) in [5, 5.41) is 15.9. The van der Waals surface area contributed by atoms with E-state index in [0.717, 1.165) is 25.7 Å². The van der Waals surface area contributed by atoms with Crippen LogP contribution in [0.25, 0.3) is 0 Å². The summed E-state index contributed by atoms with van der Waals surface area (Å²) in [7, 11) is 4.23. The molecule has 5 aliphatic rings. The minimum Gasteiger partial charge on any atom is -0.481 e. The lowest BCUT2D eigenvalue weighted by molar-refractivity contribution is -0.253. The number of rotatable bonds is 9. The van der Waals surface area contributed by atoms with Crippen molar-refractivity contribution in [2.75, 3.05) is 33.9 Å². The van der Waals surface area contributed by atoms with Crippen molar-refractivity contribution in [2.24, 2.45) is 62.6 Å². The van der Waals surface area contributed by atoms with Crippen LogP contribution in [-0.2, 0) is 19.1 Å². The summed E-state index contributed by atoms with van der Waals surface area (Å²) < 4.78 is 15.7. The van der Waals surface area contributed by atoms with Gasteiger partial charge in [0.25, 0.3) is 0 Å². The van der Waals surface area contributed by atoms with Crippen LogP contribution in [-0.4, -0.2) is 82.1 Å². The van der Waals surface area contributed by atoms with Crippen molar-refractivity contribution >= 4 is 23.4 Å². The summed E-state index contributed by atoms with van der Waals surface area (Å²) >= 11 is 6.38. The molecule has 0 spiro atoms. The van der Waals surface area contributed by atoms with E-state index < -0.39 is 33.5 Å². The summed E-state index contributed by atoms with van der Waals surface area (Å²) in [4.78, 5) is 35.1. The van der Waals surface area contributed by atoms with Gasteiger partial charge in [-0.3, -0.25) is 9.59 Å².